The Bertz CT molecular complexity index is 46.8. The van der Waals surface area contributed by atoms with E-state index in [2.05, 4.69) is 27.8 Å². The van der Waals surface area contributed by atoms with Gasteiger partial charge in [0.15, 0.2) is 0 Å². The lowest BCUT2D eigenvalue weighted by molar-refractivity contribution is 1.35. The van der Waals surface area contributed by atoms with Gasteiger partial charge in [0.05, 0.1) is 0 Å². The minimum atomic E-state index is 1.37. The summed E-state index contributed by atoms with van der Waals surface area (Å²) < 4.78 is 1.83. The number of hydrogen-bond donors (Lipinski definition) is 2. The lowest BCUT2D eigenvalue weighted by Crippen LogP contribution is -2.20. The molecule has 0 aliphatic heterocycles. The second kappa shape index (κ2) is 5.29. The molecule has 0 saturated heterocycles. The maximum absolute atomic E-state index is 4.92. The average molecular weight is 195 g/mol. The molecule has 0 aliphatic rings. The summed E-state index contributed by atoms with van der Waals surface area (Å²) in [5, 5.41) is 2.66. The van der Waals surface area contributed by atoms with E-state index in [1.165, 1.54) is 7.55 Å². The Labute approximate surface area is 51.6 Å². The van der Waals surface area contributed by atoms with E-state index in [-0.39, 0.29) is 0 Å². The Balaban J connectivity index is 2.66. The fraction of sp³-hybridized carbons (Fsp3) is 0. The smallest absolute Gasteiger partial charge is 0.342 e. The van der Waals surface area contributed by atoms with Gasteiger partial charge < -0.3 is 10.9 Å². The van der Waals surface area contributed by atoms with Crippen LogP contribution < -0.4 is 10.9 Å². The van der Waals surface area contributed by atoms with Gasteiger partial charge >= 0.3 is 7.55 Å². The third-order valence-electron chi connectivity index (χ3n) is 0.255. The molecule has 0 rings (SSSR count). The van der Waals surface area contributed by atoms with Crippen LogP contribution >= 0.6 is 22.6 Å². The zero-order chi connectivity index (χ0) is 4.83. The number of nitrogens with two attached hydrogens (primary N) is 1. The molecule has 0 saturated carbocycles. The molecule has 4 heteroatoms. The van der Waals surface area contributed by atoms with E-state index in [0.717, 1.165) is 0 Å². The molecule has 1 radical (unpaired) electrons. The first-order valence-electron chi connectivity index (χ1n) is 1.46. The van der Waals surface area contributed by atoms with Crippen molar-refractivity contribution in [2.45, 2.75) is 0 Å². The van der Waals surface area contributed by atoms with E-state index < -0.39 is 0 Å². The van der Waals surface area contributed by atoms with Gasteiger partial charge in [0.25, 0.3) is 0 Å². The molecule has 0 unspecified atom stereocenters. The zero-order valence-corrected chi connectivity index (χ0v) is 5.34. The number of rotatable bonds is 2. The van der Waals surface area contributed by atoms with Crippen LogP contribution in [0, 0.1) is 0 Å². The first-order chi connectivity index (χ1) is 2.91. The molecule has 2 nitrogen and oxygen atoms in total. The van der Waals surface area contributed by atoms with Crippen molar-refractivity contribution >= 4 is 30.1 Å². The summed E-state index contributed by atoms with van der Waals surface area (Å²) in [4.78, 5) is 0. The van der Waals surface area contributed by atoms with Gasteiger partial charge in [-0.15, -0.1) is 0 Å². The summed E-state index contributed by atoms with van der Waals surface area (Å²) >= 11 is 2.09. The van der Waals surface area contributed by atoms with E-state index in [1.807, 2.05) is 4.08 Å². The minimum Gasteiger partial charge on any atom is -0.423 e. The summed E-state index contributed by atoms with van der Waals surface area (Å²) in [6.45, 7) is 0. The van der Waals surface area contributed by atoms with Crippen molar-refractivity contribution in [1.82, 2.24) is 5.23 Å². The fourth-order valence-corrected chi connectivity index (χ4v) is 0.300. The molecule has 0 aromatic carbocycles. The van der Waals surface area contributed by atoms with Gasteiger partial charge in [-0.3, -0.25) is 0 Å². The Hall–Kier alpha value is 0.295. The molecular formula is C2H5BIN2. The molecule has 0 amide bonds. The Morgan fingerprint density at radius 1 is 1.83 bits per heavy atom. The lowest BCUT2D eigenvalue weighted by atomic mass is 10.2. The van der Waals surface area contributed by atoms with Crippen molar-refractivity contribution in [3.05, 3.63) is 10.3 Å². The standard InChI is InChI=1S/C2H5BIN2/c4-1-2-6-3-5/h1-2,6H,5H2/b2-1-. The molecule has 33 valence electrons. The third kappa shape index (κ3) is 4.29. The lowest BCUT2D eigenvalue weighted by Gasteiger charge is -1.81. The summed E-state index contributed by atoms with van der Waals surface area (Å²) in [5.74, 6) is 0. The normalized spacial score (nSPS) is 9.00. The number of nitrogens with one attached hydrogen (secondary N) is 1. The van der Waals surface area contributed by atoms with Crippen LogP contribution in [-0.4, -0.2) is 7.55 Å². The average Bonchev–Trinajstić information content (AvgIpc) is 1.61. The van der Waals surface area contributed by atoms with Crippen molar-refractivity contribution in [3.63, 3.8) is 0 Å². The van der Waals surface area contributed by atoms with E-state index in [1.54, 1.807) is 6.20 Å². The van der Waals surface area contributed by atoms with Crippen LogP contribution in [0.1, 0.15) is 0 Å². The summed E-state index contributed by atoms with van der Waals surface area (Å²) in [6, 6.07) is 0. The van der Waals surface area contributed by atoms with Crippen LogP contribution in [0.3, 0.4) is 0 Å². The number of halogens is 1. The van der Waals surface area contributed by atoms with Gasteiger partial charge in [0.1, 0.15) is 0 Å². The van der Waals surface area contributed by atoms with Crippen molar-refractivity contribution in [3.8, 4) is 0 Å². The van der Waals surface area contributed by atoms with Gasteiger partial charge in [0, 0.05) is 0 Å². The largest absolute Gasteiger partial charge is 0.423 e. The molecule has 0 aromatic rings. The van der Waals surface area contributed by atoms with Crippen LogP contribution in [0.5, 0.6) is 0 Å². The van der Waals surface area contributed by atoms with E-state index in [4.69, 9.17) is 5.64 Å². The quantitative estimate of drug-likeness (QED) is 0.479. The van der Waals surface area contributed by atoms with E-state index in [9.17, 15) is 0 Å². The maximum atomic E-state index is 4.92. The molecule has 0 aromatic heterocycles. The van der Waals surface area contributed by atoms with E-state index >= 15 is 0 Å². The van der Waals surface area contributed by atoms with Gasteiger partial charge in [-0.2, -0.15) is 0 Å². The van der Waals surface area contributed by atoms with Crippen molar-refractivity contribution in [1.29, 1.82) is 0 Å². The van der Waals surface area contributed by atoms with Crippen molar-refractivity contribution in [2.75, 3.05) is 0 Å². The van der Waals surface area contributed by atoms with Crippen LogP contribution in [0.15, 0.2) is 10.3 Å². The Morgan fingerprint density at radius 3 is 2.67 bits per heavy atom. The highest BCUT2D eigenvalue weighted by Gasteiger charge is 1.65. The first-order valence-corrected chi connectivity index (χ1v) is 2.71. The first kappa shape index (κ1) is 6.29. The molecule has 0 aliphatic carbocycles. The highest BCUT2D eigenvalue weighted by molar-refractivity contribution is 14.1. The van der Waals surface area contributed by atoms with Gasteiger partial charge in [-0.25, -0.2) is 0 Å². The molecule has 0 fully saturated rings. The second-order valence-corrected chi connectivity index (χ2v) is 1.35. The van der Waals surface area contributed by atoms with Crippen molar-refractivity contribution in [2.24, 2.45) is 5.64 Å². The Morgan fingerprint density at radius 2 is 2.50 bits per heavy atom. The summed E-state index contributed by atoms with van der Waals surface area (Å²) in [6.07, 6.45) is 1.74. The molecular weight excluding hydrogens is 190 g/mol. The second-order valence-electron chi connectivity index (χ2n) is 0.626. The van der Waals surface area contributed by atoms with Gasteiger partial charge in [-0.1, -0.05) is 22.6 Å². The monoisotopic (exact) mass is 195 g/mol. The molecule has 0 spiro atoms. The predicted octanol–water partition coefficient (Wildman–Crippen LogP) is -0.0249. The van der Waals surface area contributed by atoms with Crippen LogP contribution in [0.25, 0.3) is 0 Å². The van der Waals surface area contributed by atoms with Gasteiger partial charge in [-0.05, 0) is 10.3 Å². The maximum Gasteiger partial charge on any atom is 0.342 e. The minimum absolute atomic E-state index is 1.37. The van der Waals surface area contributed by atoms with Crippen LogP contribution in [0.4, 0.5) is 0 Å². The Kier molecular flexibility index (Phi) is 5.56. The molecule has 0 heterocycles. The molecule has 0 bridgehead atoms. The highest BCUT2D eigenvalue weighted by Crippen LogP contribution is 1.76. The van der Waals surface area contributed by atoms with Crippen LogP contribution in [0.2, 0.25) is 0 Å². The third-order valence-corrected chi connectivity index (χ3v) is 0.615. The van der Waals surface area contributed by atoms with Crippen LogP contribution in [-0.2, 0) is 0 Å². The van der Waals surface area contributed by atoms with Crippen molar-refractivity contribution < 1.29 is 0 Å². The zero-order valence-electron chi connectivity index (χ0n) is 3.19. The SMILES string of the molecule is N[B]N/C=C\I. The predicted molar refractivity (Wildman–Crippen MR) is 36.2 cm³/mol. The molecule has 6 heavy (non-hydrogen) atoms. The summed E-state index contributed by atoms with van der Waals surface area (Å²) in [5.41, 5.74) is 4.92. The number of hydrogen-bond acceptors (Lipinski definition) is 2. The van der Waals surface area contributed by atoms with Gasteiger partial charge in [0.2, 0.25) is 0 Å². The fourth-order valence-electron chi connectivity index (χ4n) is 0.0919. The molecule has 3 N–H and O–H groups in total. The highest BCUT2D eigenvalue weighted by atomic mass is 127. The summed E-state index contributed by atoms with van der Waals surface area (Å²) in [7, 11) is 1.37. The van der Waals surface area contributed by atoms with E-state index in [0.29, 0.717) is 0 Å². The molecule has 0 atom stereocenters. The topological polar surface area (TPSA) is 38.0 Å².